The van der Waals surface area contributed by atoms with E-state index in [4.69, 9.17) is 13.7 Å². The lowest BCUT2D eigenvalue weighted by Gasteiger charge is -2.32. The fourth-order valence-electron chi connectivity index (χ4n) is 2.91. The van der Waals surface area contributed by atoms with Crippen molar-refractivity contribution in [3.8, 4) is 0 Å². The number of thioether (sulfide) groups is 1. The fraction of sp³-hybridized carbons (Fsp3) is 0.381. The van der Waals surface area contributed by atoms with Gasteiger partial charge in [0.1, 0.15) is 11.8 Å². The summed E-state index contributed by atoms with van der Waals surface area (Å²) in [4.78, 5) is 35.0. The summed E-state index contributed by atoms with van der Waals surface area (Å²) in [6.45, 7) is 9.36. The largest absolute Gasteiger partial charge is 0.491 e. The number of rotatable bonds is 5. The van der Waals surface area contributed by atoms with Crippen LogP contribution in [0.3, 0.4) is 0 Å². The van der Waals surface area contributed by atoms with Crippen LogP contribution in [0, 0.1) is 0 Å². The lowest BCUT2D eigenvalue weighted by Crippen LogP contribution is -2.41. The second-order valence-electron chi connectivity index (χ2n) is 7.98. The molecule has 6 nitrogen and oxygen atoms in total. The van der Waals surface area contributed by atoms with Crippen molar-refractivity contribution >= 4 is 47.3 Å². The Labute approximate surface area is 173 Å². The number of hydrogen-bond donors (Lipinski definition) is 0. The van der Waals surface area contributed by atoms with Gasteiger partial charge in [-0.25, -0.2) is 0 Å². The van der Waals surface area contributed by atoms with Crippen LogP contribution < -0.4 is 5.43 Å². The van der Waals surface area contributed by atoms with Crippen LogP contribution >= 0.6 is 11.8 Å². The van der Waals surface area contributed by atoms with E-state index in [1.165, 1.54) is 6.92 Å². The highest BCUT2D eigenvalue weighted by Gasteiger charge is 2.52. The average Bonchev–Trinajstić information content (AvgIpc) is 2.86. The Kier molecular flexibility index (Phi) is 5.90. The third-order valence-corrected chi connectivity index (χ3v) is 6.18. The summed E-state index contributed by atoms with van der Waals surface area (Å²) in [5, 5.41) is 0.304. The number of benzene rings is 1. The first-order chi connectivity index (χ1) is 13.5. The van der Waals surface area contributed by atoms with Gasteiger partial charge in [0.15, 0.2) is 11.4 Å². The first kappa shape index (κ1) is 21.6. The second-order valence-corrected chi connectivity index (χ2v) is 9.13. The van der Waals surface area contributed by atoms with Crippen molar-refractivity contribution in [2.45, 2.75) is 45.8 Å². The highest BCUT2D eigenvalue weighted by atomic mass is 32.2. The maximum Gasteiger partial charge on any atom is 0.491 e. The molecule has 0 atom stereocenters. The smallest absolute Gasteiger partial charge is 0.463 e. The molecule has 0 radical (unpaired) electrons. The Morgan fingerprint density at radius 2 is 1.83 bits per heavy atom. The van der Waals surface area contributed by atoms with Gasteiger partial charge in [-0.3, -0.25) is 14.4 Å². The minimum absolute atomic E-state index is 0.0119. The van der Waals surface area contributed by atoms with Gasteiger partial charge in [0.25, 0.3) is 0 Å². The van der Waals surface area contributed by atoms with E-state index >= 15 is 0 Å². The molecule has 2 aromatic rings. The van der Waals surface area contributed by atoms with Gasteiger partial charge in [0.05, 0.1) is 22.2 Å². The lowest BCUT2D eigenvalue weighted by atomic mass is 9.78. The zero-order chi connectivity index (χ0) is 21.4. The third kappa shape index (κ3) is 4.39. The summed E-state index contributed by atoms with van der Waals surface area (Å²) >= 11 is 1.16. The molecule has 2 heterocycles. The molecule has 0 amide bonds. The van der Waals surface area contributed by atoms with Gasteiger partial charge in [-0.15, -0.1) is 0 Å². The Bertz CT molecular complexity index is 1040. The van der Waals surface area contributed by atoms with Crippen molar-refractivity contribution in [1.29, 1.82) is 0 Å². The van der Waals surface area contributed by atoms with Crippen LogP contribution in [0.2, 0.25) is 0 Å². The monoisotopic (exact) mass is 414 g/mol. The molecular weight excluding hydrogens is 391 g/mol. The summed E-state index contributed by atoms with van der Waals surface area (Å²) in [5.41, 5.74) is 0.458. The minimum atomic E-state index is -0.611. The molecule has 29 heavy (non-hydrogen) atoms. The molecule has 0 unspecified atom stereocenters. The Morgan fingerprint density at radius 1 is 1.17 bits per heavy atom. The van der Waals surface area contributed by atoms with Crippen LogP contribution in [-0.4, -0.2) is 35.5 Å². The molecule has 8 heteroatoms. The fourth-order valence-corrected chi connectivity index (χ4v) is 3.50. The van der Waals surface area contributed by atoms with Crippen LogP contribution in [0.4, 0.5) is 0 Å². The molecule has 0 N–H and O–H groups in total. The number of carbonyl (C=O) groups is 2. The summed E-state index contributed by atoms with van der Waals surface area (Å²) in [7, 11) is -0.611. The predicted molar refractivity (Wildman–Crippen MR) is 115 cm³/mol. The van der Waals surface area contributed by atoms with Crippen LogP contribution in [0.1, 0.15) is 50.5 Å². The van der Waals surface area contributed by atoms with Crippen molar-refractivity contribution < 1.29 is 23.3 Å². The van der Waals surface area contributed by atoms with Crippen molar-refractivity contribution in [2.24, 2.45) is 0 Å². The minimum Gasteiger partial charge on any atom is -0.463 e. The molecule has 1 aromatic heterocycles. The van der Waals surface area contributed by atoms with Gasteiger partial charge in [-0.1, -0.05) is 23.9 Å². The van der Waals surface area contributed by atoms with Crippen molar-refractivity contribution in [2.75, 3.05) is 5.75 Å². The van der Waals surface area contributed by atoms with Crippen molar-refractivity contribution in [3.63, 3.8) is 0 Å². The van der Waals surface area contributed by atoms with Gasteiger partial charge >= 0.3 is 7.12 Å². The summed E-state index contributed by atoms with van der Waals surface area (Å²) in [6.07, 6.45) is 3.49. The van der Waals surface area contributed by atoms with E-state index in [1.807, 2.05) is 33.8 Å². The standard InChI is InChI=1S/C21H23BO6S/c1-13(24)29-12-16(22-27-20(2,3)21(4,5)28-22)8-14-6-7-18-17(9-14)19(25)15(10-23)11-26-18/h6-11H,12H2,1-5H3. The lowest BCUT2D eigenvalue weighted by molar-refractivity contribution is -0.109. The van der Waals surface area contributed by atoms with Gasteiger partial charge in [-0.2, -0.15) is 0 Å². The molecule has 0 saturated carbocycles. The molecule has 0 spiro atoms. The van der Waals surface area contributed by atoms with E-state index < -0.39 is 18.3 Å². The Hall–Kier alpha value is -2.16. The topological polar surface area (TPSA) is 82.8 Å². The maximum absolute atomic E-state index is 12.4. The Balaban J connectivity index is 2.04. The number of carbonyl (C=O) groups excluding carboxylic acids is 2. The van der Waals surface area contributed by atoms with E-state index in [0.29, 0.717) is 23.0 Å². The van der Waals surface area contributed by atoms with E-state index in [2.05, 4.69) is 0 Å². The highest BCUT2D eigenvalue weighted by Crippen LogP contribution is 2.39. The average molecular weight is 414 g/mol. The van der Waals surface area contributed by atoms with E-state index in [-0.39, 0.29) is 16.1 Å². The van der Waals surface area contributed by atoms with E-state index in [0.717, 1.165) is 29.1 Å². The summed E-state index contributed by atoms with van der Waals surface area (Å²) in [6, 6.07) is 5.14. The second kappa shape index (κ2) is 7.93. The van der Waals surface area contributed by atoms with E-state index in [9.17, 15) is 14.4 Å². The molecule has 1 aliphatic heterocycles. The molecule has 1 aliphatic rings. The summed E-state index contributed by atoms with van der Waals surface area (Å²) in [5.74, 6) is 0.396. The number of aldehydes is 1. The SMILES string of the molecule is CC(=O)SCC(=Cc1ccc2occ(C=O)c(=O)c2c1)B1OC(C)(C)C(C)(C)O1. The van der Waals surface area contributed by atoms with Crippen molar-refractivity contribution in [3.05, 3.63) is 51.3 Å². The molecule has 1 saturated heterocycles. The quantitative estimate of drug-likeness (QED) is 0.542. The number of fused-ring (bicyclic) bond motifs is 1. The zero-order valence-electron chi connectivity index (χ0n) is 17.1. The number of hydrogen-bond acceptors (Lipinski definition) is 7. The van der Waals surface area contributed by atoms with Crippen LogP contribution in [0.25, 0.3) is 17.0 Å². The molecule has 1 fully saturated rings. The predicted octanol–water partition coefficient (Wildman–Crippen LogP) is 3.90. The maximum atomic E-state index is 12.4. The Morgan fingerprint density at radius 3 is 2.41 bits per heavy atom. The van der Waals surface area contributed by atoms with E-state index in [1.54, 1.807) is 18.2 Å². The normalized spacial score (nSPS) is 18.2. The van der Waals surface area contributed by atoms with Gasteiger partial charge in [0.2, 0.25) is 5.43 Å². The van der Waals surface area contributed by atoms with Gasteiger partial charge in [0, 0.05) is 12.7 Å². The van der Waals surface area contributed by atoms with Gasteiger partial charge in [-0.05, 0) is 50.9 Å². The van der Waals surface area contributed by atoms with Crippen molar-refractivity contribution in [1.82, 2.24) is 0 Å². The first-order valence-corrected chi connectivity index (χ1v) is 10.2. The molecule has 152 valence electrons. The third-order valence-electron chi connectivity index (χ3n) is 5.30. The molecule has 3 rings (SSSR count). The molecule has 1 aromatic carbocycles. The van der Waals surface area contributed by atoms with Crippen LogP contribution in [-0.2, 0) is 14.1 Å². The zero-order valence-corrected chi connectivity index (χ0v) is 17.9. The first-order valence-electron chi connectivity index (χ1n) is 9.24. The van der Waals surface area contributed by atoms with Gasteiger partial charge < -0.3 is 13.7 Å². The summed E-state index contributed by atoms with van der Waals surface area (Å²) < 4.78 is 17.6. The molecule has 0 aliphatic carbocycles. The molecule has 0 bridgehead atoms. The van der Waals surface area contributed by atoms with Crippen LogP contribution in [0.5, 0.6) is 0 Å². The van der Waals surface area contributed by atoms with Crippen LogP contribution in [0.15, 0.2) is 39.1 Å². The highest BCUT2D eigenvalue weighted by molar-refractivity contribution is 8.13. The molecular formula is C21H23BO6S.